The molecule has 1 N–H and O–H groups in total. The molecule has 0 saturated carbocycles. The van der Waals surface area contributed by atoms with Gasteiger partial charge in [0.05, 0.1) is 6.54 Å². The number of terminal acetylenes is 1. The van der Waals surface area contributed by atoms with Gasteiger partial charge in [0.25, 0.3) is 0 Å². The SMILES string of the molecule is C#CCn1cc(CNC(C)C)c2ccccc21. The minimum Gasteiger partial charge on any atom is -0.336 e. The van der Waals surface area contributed by atoms with Crippen LogP contribution in [0.5, 0.6) is 0 Å². The Morgan fingerprint density at radius 2 is 2.12 bits per heavy atom. The first-order valence-corrected chi connectivity index (χ1v) is 5.96. The highest BCUT2D eigenvalue weighted by molar-refractivity contribution is 5.84. The molecule has 2 rings (SSSR count). The first kappa shape index (κ1) is 11.8. The van der Waals surface area contributed by atoms with E-state index in [1.54, 1.807) is 0 Å². The zero-order valence-corrected chi connectivity index (χ0v) is 10.4. The Morgan fingerprint density at radius 3 is 2.82 bits per heavy atom. The van der Waals surface area contributed by atoms with Crippen LogP contribution in [0.1, 0.15) is 19.4 Å². The highest BCUT2D eigenvalue weighted by Crippen LogP contribution is 2.21. The molecule has 1 aromatic carbocycles. The Bertz CT molecular complexity index is 544. The number of hydrogen-bond acceptors (Lipinski definition) is 1. The van der Waals surface area contributed by atoms with Crippen LogP contribution < -0.4 is 5.32 Å². The lowest BCUT2D eigenvalue weighted by Gasteiger charge is -2.06. The lowest BCUT2D eigenvalue weighted by molar-refractivity contribution is 0.589. The highest BCUT2D eigenvalue weighted by atomic mass is 15.0. The van der Waals surface area contributed by atoms with Crippen LogP contribution in [0.25, 0.3) is 10.9 Å². The summed E-state index contributed by atoms with van der Waals surface area (Å²) in [5.74, 6) is 2.70. The van der Waals surface area contributed by atoms with Gasteiger partial charge in [0, 0.05) is 29.7 Å². The van der Waals surface area contributed by atoms with E-state index in [1.165, 1.54) is 16.5 Å². The van der Waals surface area contributed by atoms with Crippen LogP contribution in [0.2, 0.25) is 0 Å². The van der Waals surface area contributed by atoms with Crippen molar-refractivity contribution >= 4 is 10.9 Å². The Labute approximate surface area is 103 Å². The Morgan fingerprint density at radius 1 is 1.35 bits per heavy atom. The largest absolute Gasteiger partial charge is 0.336 e. The van der Waals surface area contributed by atoms with Gasteiger partial charge in [-0.15, -0.1) is 6.42 Å². The van der Waals surface area contributed by atoms with Gasteiger partial charge in [0.1, 0.15) is 0 Å². The average molecular weight is 226 g/mol. The van der Waals surface area contributed by atoms with Gasteiger partial charge in [-0.2, -0.15) is 0 Å². The summed E-state index contributed by atoms with van der Waals surface area (Å²) in [4.78, 5) is 0. The smallest absolute Gasteiger partial charge is 0.0835 e. The Hall–Kier alpha value is -1.72. The summed E-state index contributed by atoms with van der Waals surface area (Å²) >= 11 is 0. The molecule has 0 aliphatic heterocycles. The Kier molecular flexibility index (Phi) is 3.51. The standard InChI is InChI=1S/C15H18N2/c1-4-9-17-11-13(10-16-12(2)3)14-7-5-6-8-15(14)17/h1,5-8,11-12,16H,9-10H2,2-3H3. The molecule has 0 aliphatic carbocycles. The topological polar surface area (TPSA) is 17.0 Å². The monoisotopic (exact) mass is 226 g/mol. The van der Waals surface area contributed by atoms with Crippen molar-refractivity contribution in [2.45, 2.75) is 33.0 Å². The molecule has 0 aliphatic rings. The predicted octanol–water partition coefficient (Wildman–Crippen LogP) is 2.77. The third kappa shape index (κ3) is 2.51. The van der Waals surface area contributed by atoms with Crippen LogP contribution >= 0.6 is 0 Å². The number of benzene rings is 1. The van der Waals surface area contributed by atoms with Crippen LogP contribution in [-0.4, -0.2) is 10.6 Å². The Balaban J connectivity index is 2.38. The van der Waals surface area contributed by atoms with Gasteiger partial charge < -0.3 is 9.88 Å². The summed E-state index contributed by atoms with van der Waals surface area (Å²) in [5.41, 5.74) is 2.52. The van der Waals surface area contributed by atoms with Crippen LogP contribution in [0.15, 0.2) is 30.5 Å². The molecule has 2 aromatic rings. The van der Waals surface area contributed by atoms with Gasteiger partial charge in [-0.1, -0.05) is 38.0 Å². The number of hydrogen-bond donors (Lipinski definition) is 1. The fraction of sp³-hybridized carbons (Fsp3) is 0.333. The van der Waals surface area contributed by atoms with E-state index in [0.717, 1.165) is 6.54 Å². The number of para-hydroxylation sites is 1. The first-order chi connectivity index (χ1) is 8.22. The number of rotatable bonds is 4. The van der Waals surface area contributed by atoms with Crippen LogP contribution in [0.4, 0.5) is 0 Å². The summed E-state index contributed by atoms with van der Waals surface area (Å²) in [7, 11) is 0. The van der Waals surface area contributed by atoms with Crippen molar-refractivity contribution < 1.29 is 0 Å². The quantitative estimate of drug-likeness (QED) is 0.793. The van der Waals surface area contributed by atoms with E-state index >= 15 is 0 Å². The maximum absolute atomic E-state index is 5.40. The molecule has 0 saturated heterocycles. The fourth-order valence-electron chi connectivity index (χ4n) is 2.01. The van der Waals surface area contributed by atoms with E-state index in [0.29, 0.717) is 12.6 Å². The number of fused-ring (bicyclic) bond motifs is 1. The summed E-state index contributed by atoms with van der Waals surface area (Å²) in [6.45, 7) is 5.82. The minimum absolute atomic E-state index is 0.491. The molecule has 17 heavy (non-hydrogen) atoms. The van der Waals surface area contributed by atoms with E-state index in [4.69, 9.17) is 6.42 Å². The average Bonchev–Trinajstić information content (AvgIpc) is 2.66. The second-order valence-corrected chi connectivity index (χ2v) is 4.54. The molecule has 2 heteroatoms. The van der Waals surface area contributed by atoms with Crippen LogP contribution in [0, 0.1) is 12.3 Å². The second-order valence-electron chi connectivity index (χ2n) is 4.54. The molecule has 1 heterocycles. The van der Waals surface area contributed by atoms with E-state index in [-0.39, 0.29) is 0 Å². The molecule has 2 nitrogen and oxygen atoms in total. The fourth-order valence-corrected chi connectivity index (χ4v) is 2.01. The summed E-state index contributed by atoms with van der Waals surface area (Å²) in [5, 5.41) is 4.73. The van der Waals surface area contributed by atoms with Crippen molar-refractivity contribution in [2.24, 2.45) is 0 Å². The van der Waals surface area contributed by atoms with Crippen molar-refractivity contribution in [1.29, 1.82) is 0 Å². The number of nitrogens with one attached hydrogen (secondary N) is 1. The maximum atomic E-state index is 5.40. The van der Waals surface area contributed by atoms with E-state index in [2.05, 4.69) is 60.1 Å². The summed E-state index contributed by atoms with van der Waals surface area (Å²) in [6, 6.07) is 8.88. The van der Waals surface area contributed by atoms with Gasteiger partial charge in [0.15, 0.2) is 0 Å². The van der Waals surface area contributed by atoms with Crippen molar-refractivity contribution in [1.82, 2.24) is 9.88 Å². The van der Waals surface area contributed by atoms with Gasteiger partial charge in [-0.05, 0) is 11.6 Å². The molecule has 0 amide bonds. The molecule has 0 fully saturated rings. The molecule has 0 bridgehead atoms. The lowest BCUT2D eigenvalue weighted by atomic mass is 10.2. The summed E-state index contributed by atoms with van der Waals surface area (Å²) in [6.07, 6.45) is 7.55. The molecular weight excluding hydrogens is 208 g/mol. The third-order valence-electron chi connectivity index (χ3n) is 2.83. The van der Waals surface area contributed by atoms with Crippen molar-refractivity contribution in [3.8, 4) is 12.3 Å². The van der Waals surface area contributed by atoms with Gasteiger partial charge >= 0.3 is 0 Å². The van der Waals surface area contributed by atoms with Crippen molar-refractivity contribution in [2.75, 3.05) is 0 Å². The van der Waals surface area contributed by atoms with Crippen LogP contribution in [-0.2, 0) is 13.1 Å². The minimum atomic E-state index is 0.491. The first-order valence-electron chi connectivity index (χ1n) is 5.96. The molecular formula is C15H18N2. The van der Waals surface area contributed by atoms with Gasteiger partial charge in [-0.25, -0.2) is 0 Å². The molecule has 0 radical (unpaired) electrons. The van der Waals surface area contributed by atoms with E-state index in [1.807, 2.05) is 0 Å². The second kappa shape index (κ2) is 5.07. The van der Waals surface area contributed by atoms with Gasteiger partial charge in [-0.3, -0.25) is 0 Å². The van der Waals surface area contributed by atoms with Gasteiger partial charge in [0.2, 0.25) is 0 Å². The van der Waals surface area contributed by atoms with Crippen molar-refractivity contribution in [3.63, 3.8) is 0 Å². The normalized spacial score (nSPS) is 10.9. The molecule has 88 valence electrons. The zero-order valence-electron chi connectivity index (χ0n) is 10.4. The molecule has 0 unspecified atom stereocenters. The predicted molar refractivity (Wildman–Crippen MR) is 72.7 cm³/mol. The molecule has 1 aromatic heterocycles. The van der Waals surface area contributed by atoms with Crippen molar-refractivity contribution in [3.05, 3.63) is 36.0 Å². The number of aromatic nitrogens is 1. The maximum Gasteiger partial charge on any atom is 0.0835 e. The summed E-state index contributed by atoms with van der Waals surface area (Å²) < 4.78 is 2.13. The number of nitrogens with zero attached hydrogens (tertiary/aromatic N) is 1. The molecule has 0 spiro atoms. The van der Waals surface area contributed by atoms with E-state index < -0.39 is 0 Å². The van der Waals surface area contributed by atoms with Crippen LogP contribution in [0.3, 0.4) is 0 Å². The highest BCUT2D eigenvalue weighted by Gasteiger charge is 2.07. The third-order valence-corrected chi connectivity index (χ3v) is 2.83. The van der Waals surface area contributed by atoms with E-state index in [9.17, 15) is 0 Å². The lowest BCUT2D eigenvalue weighted by Crippen LogP contribution is -2.21. The molecule has 0 atom stereocenters. The zero-order chi connectivity index (χ0) is 12.3.